The lowest BCUT2D eigenvalue weighted by molar-refractivity contribution is 0.555. The Morgan fingerprint density at radius 2 is 2.00 bits per heavy atom. The molecule has 4 aromatic rings. The highest BCUT2D eigenvalue weighted by molar-refractivity contribution is 7.18. The summed E-state index contributed by atoms with van der Waals surface area (Å²) in [5.41, 5.74) is 2.04. The molecule has 130 valence electrons. The van der Waals surface area contributed by atoms with E-state index < -0.39 is 0 Å². The van der Waals surface area contributed by atoms with Crippen molar-refractivity contribution in [3.8, 4) is 11.4 Å². The summed E-state index contributed by atoms with van der Waals surface area (Å²) in [5.74, 6) is 1.11. The number of aryl methyl sites for hydroxylation is 2. The zero-order valence-electron chi connectivity index (χ0n) is 14.0. The largest absolute Gasteiger partial charge is 0.308 e. The Morgan fingerprint density at radius 3 is 2.88 bits per heavy atom. The molecule has 0 fully saturated rings. The second kappa shape index (κ2) is 6.14. The number of nitrogens with one attached hydrogen (secondary N) is 1. The topological polar surface area (TPSA) is 89.4 Å². The number of thiophene rings is 1. The Morgan fingerprint density at radius 1 is 1.15 bits per heavy atom. The van der Waals surface area contributed by atoms with Gasteiger partial charge in [-0.15, -0.1) is 21.5 Å². The minimum atomic E-state index is -0.0622. The number of hydrogen-bond donors (Lipinski definition) is 1. The first kappa shape index (κ1) is 15.4. The van der Waals surface area contributed by atoms with Crippen molar-refractivity contribution in [3.05, 3.63) is 57.0 Å². The van der Waals surface area contributed by atoms with Crippen LogP contribution < -0.4 is 5.56 Å². The van der Waals surface area contributed by atoms with Crippen molar-refractivity contribution in [1.29, 1.82) is 0 Å². The maximum atomic E-state index is 12.6. The van der Waals surface area contributed by atoms with Crippen LogP contribution in [0.4, 0.5) is 0 Å². The molecule has 3 heterocycles. The average Bonchev–Trinajstić information content (AvgIpc) is 3.27. The third-order valence-electron chi connectivity index (χ3n) is 4.65. The molecule has 0 radical (unpaired) electrons. The van der Waals surface area contributed by atoms with Crippen molar-refractivity contribution in [2.24, 2.45) is 0 Å². The molecule has 0 atom stereocenters. The summed E-state index contributed by atoms with van der Waals surface area (Å²) in [4.78, 5) is 23.7. The van der Waals surface area contributed by atoms with Gasteiger partial charge >= 0.3 is 0 Å². The lowest BCUT2D eigenvalue weighted by atomic mass is 9.97. The van der Waals surface area contributed by atoms with Gasteiger partial charge in [-0.1, -0.05) is 30.3 Å². The molecule has 3 aromatic heterocycles. The molecule has 0 aliphatic heterocycles. The molecule has 8 heteroatoms. The van der Waals surface area contributed by atoms with E-state index >= 15 is 0 Å². The third kappa shape index (κ3) is 2.62. The molecule has 0 saturated heterocycles. The van der Waals surface area contributed by atoms with Gasteiger partial charge in [-0.2, -0.15) is 4.80 Å². The van der Waals surface area contributed by atoms with Gasteiger partial charge in [0.05, 0.1) is 5.39 Å². The van der Waals surface area contributed by atoms with Gasteiger partial charge in [-0.3, -0.25) is 4.79 Å². The SMILES string of the molecule is O=c1[nH]c(Cn2nnc(-c3ccccc3)n2)nc2sc3c(c12)CCCC3. The van der Waals surface area contributed by atoms with Crippen LogP contribution in [0, 0.1) is 0 Å². The second-order valence-electron chi connectivity index (χ2n) is 6.41. The van der Waals surface area contributed by atoms with Crippen LogP contribution in [0.15, 0.2) is 35.1 Å². The van der Waals surface area contributed by atoms with Gasteiger partial charge in [-0.05, 0) is 36.5 Å². The number of hydrogen-bond acceptors (Lipinski definition) is 6. The summed E-state index contributed by atoms with van der Waals surface area (Å²) in [5, 5.41) is 13.3. The monoisotopic (exact) mass is 364 g/mol. The van der Waals surface area contributed by atoms with Crippen molar-refractivity contribution in [3.63, 3.8) is 0 Å². The number of aromatic amines is 1. The molecule has 1 aliphatic rings. The molecule has 0 unspecified atom stereocenters. The number of tetrazole rings is 1. The van der Waals surface area contributed by atoms with E-state index in [2.05, 4.69) is 25.4 Å². The van der Waals surface area contributed by atoms with Crippen molar-refractivity contribution >= 4 is 21.6 Å². The summed E-state index contributed by atoms with van der Waals surface area (Å²) < 4.78 is 0. The summed E-state index contributed by atoms with van der Waals surface area (Å²) >= 11 is 1.64. The first-order valence-corrected chi connectivity index (χ1v) is 9.46. The smallest absolute Gasteiger partial charge is 0.259 e. The molecule has 0 spiro atoms. The van der Waals surface area contributed by atoms with Crippen LogP contribution in [0.3, 0.4) is 0 Å². The van der Waals surface area contributed by atoms with E-state index in [9.17, 15) is 4.79 Å². The Kier molecular flexibility index (Phi) is 3.63. The van der Waals surface area contributed by atoms with Gasteiger partial charge in [0.1, 0.15) is 17.2 Å². The lowest BCUT2D eigenvalue weighted by Gasteiger charge is -2.09. The van der Waals surface area contributed by atoms with Crippen LogP contribution in [0.25, 0.3) is 21.6 Å². The van der Waals surface area contributed by atoms with E-state index in [1.165, 1.54) is 21.7 Å². The van der Waals surface area contributed by atoms with Gasteiger partial charge in [0.15, 0.2) is 0 Å². The van der Waals surface area contributed by atoms with Gasteiger partial charge in [0.2, 0.25) is 5.82 Å². The average molecular weight is 364 g/mol. The number of benzene rings is 1. The molecule has 5 rings (SSSR count). The maximum absolute atomic E-state index is 12.6. The molecule has 1 N–H and O–H groups in total. The van der Waals surface area contributed by atoms with Crippen molar-refractivity contribution in [2.75, 3.05) is 0 Å². The minimum absolute atomic E-state index is 0.0622. The Bertz CT molecular complexity index is 1140. The van der Waals surface area contributed by atoms with Crippen molar-refractivity contribution < 1.29 is 0 Å². The second-order valence-corrected chi connectivity index (χ2v) is 7.50. The van der Waals surface area contributed by atoms with Crippen LogP contribution >= 0.6 is 11.3 Å². The number of nitrogens with zero attached hydrogens (tertiary/aromatic N) is 5. The molecule has 0 saturated carbocycles. The fourth-order valence-corrected chi connectivity index (χ4v) is 4.71. The van der Waals surface area contributed by atoms with Crippen LogP contribution in [0.1, 0.15) is 29.1 Å². The normalized spacial score (nSPS) is 13.8. The van der Waals surface area contributed by atoms with E-state index in [1.54, 1.807) is 11.3 Å². The maximum Gasteiger partial charge on any atom is 0.259 e. The zero-order chi connectivity index (χ0) is 17.5. The molecule has 1 aliphatic carbocycles. The summed E-state index contributed by atoms with van der Waals surface area (Å²) in [6.45, 7) is 0.285. The van der Waals surface area contributed by atoms with Crippen LogP contribution in [0.2, 0.25) is 0 Å². The number of rotatable bonds is 3. The lowest BCUT2D eigenvalue weighted by Crippen LogP contribution is -2.16. The van der Waals surface area contributed by atoms with Crippen molar-refractivity contribution in [2.45, 2.75) is 32.2 Å². The molecular weight excluding hydrogens is 348 g/mol. The number of fused-ring (bicyclic) bond motifs is 3. The standard InChI is InChI=1S/C18H16N6OS/c25-17-15-12-8-4-5-9-13(12)26-18(15)20-14(19-17)10-24-22-16(21-23-24)11-6-2-1-3-7-11/h1-3,6-7H,4-5,8-10H2,(H,19,20,25). The van der Waals surface area contributed by atoms with Crippen molar-refractivity contribution in [1.82, 2.24) is 30.2 Å². The first-order chi connectivity index (χ1) is 12.8. The molecular formula is C18H16N6OS. The quantitative estimate of drug-likeness (QED) is 0.603. The molecule has 0 bridgehead atoms. The molecule has 26 heavy (non-hydrogen) atoms. The highest BCUT2D eigenvalue weighted by Gasteiger charge is 2.20. The minimum Gasteiger partial charge on any atom is -0.308 e. The zero-order valence-corrected chi connectivity index (χ0v) is 14.8. The predicted octanol–water partition coefficient (Wildman–Crippen LogP) is 2.57. The number of H-pyrrole nitrogens is 1. The van der Waals surface area contributed by atoms with Crippen LogP contribution in [-0.4, -0.2) is 30.2 Å². The molecule has 1 aromatic carbocycles. The first-order valence-electron chi connectivity index (χ1n) is 8.64. The van der Waals surface area contributed by atoms with E-state index in [-0.39, 0.29) is 12.1 Å². The van der Waals surface area contributed by atoms with Gasteiger partial charge in [-0.25, -0.2) is 4.98 Å². The molecule has 7 nitrogen and oxygen atoms in total. The Balaban J connectivity index is 1.49. The summed E-state index contributed by atoms with van der Waals surface area (Å²) in [6.07, 6.45) is 4.36. The highest BCUT2D eigenvalue weighted by atomic mass is 32.1. The predicted molar refractivity (Wildman–Crippen MR) is 99.2 cm³/mol. The fraction of sp³-hybridized carbons (Fsp3) is 0.278. The third-order valence-corrected chi connectivity index (χ3v) is 5.84. The fourth-order valence-electron chi connectivity index (χ4n) is 3.43. The van der Waals surface area contributed by atoms with Gasteiger partial charge in [0, 0.05) is 10.4 Å². The van der Waals surface area contributed by atoms with E-state index in [4.69, 9.17) is 0 Å². The van der Waals surface area contributed by atoms with E-state index in [0.29, 0.717) is 11.6 Å². The summed E-state index contributed by atoms with van der Waals surface area (Å²) in [7, 11) is 0. The van der Waals surface area contributed by atoms with Crippen LogP contribution in [-0.2, 0) is 19.4 Å². The Labute approximate surface area is 152 Å². The van der Waals surface area contributed by atoms with Crippen LogP contribution in [0.5, 0.6) is 0 Å². The Hall–Kier alpha value is -2.87. The van der Waals surface area contributed by atoms with Gasteiger partial charge in [0.25, 0.3) is 5.56 Å². The summed E-state index contributed by atoms with van der Waals surface area (Å²) in [6, 6.07) is 9.68. The van der Waals surface area contributed by atoms with Gasteiger partial charge < -0.3 is 4.98 Å². The van der Waals surface area contributed by atoms with E-state index in [0.717, 1.165) is 35.0 Å². The number of aromatic nitrogens is 6. The molecule has 0 amide bonds. The van der Waals surface area contributed by atoms with E-state index in [1.807, 2.05) is 30.3 Å². The highest BCUT2D eigenvalue weighted by Crippen LogP contribution is 2.33.